The largest absolute Gasteiger partial charge is 0.271 e. The predicted octanol–water partition coefficient (Wildman–Crippen LogP) is 1.67. The summed E-state index contributed by atoms with van der Waals surface area (Å²) in [7, 11) is 0. The van der Waals surface area contributed by atoms with Gasteiger partial charge in [-0.2, -0.15) is 5.10 Å². The molecule has 0 saturated carbocycles. The van der Waals surface area contributed by atoms with Gasteiger partial charge in [-0.1, -0.05) is 0 Å². The average Bonchev–Trinajstić information content (AvgIpc) is 2.31. The van der Waals surface area contributed by atoms with Crippen molar-refractivity contribution in [2.75, 3.05) is 0 Å². The lowest BCUT2D eigenvalue weighted by Gasteiger charge is -1.92. The molecule has 0 aliphatic carbocycles. The van der Waals surface area contributed by atoms with Gasteiger partial charge in [0.2, 0.25) is 0 Å². The molecule has 1 aromatic rings. The molecule has 0 spiro atoms. The monoisotopic (exact) mass is 198 g/mol. The fourth-order valence-electron chi connectivity index (χ4n) is 0.640. The normalized spacial score (nSPS) is 9.20. The molecule has 3 heteroatoms. The first-order valence-corrected chi connectivity index (χ1v) is 3.73. The first-order chi connectivity index (χ1) is 4.83. The molecule has 1 aromatic heterocycles. The van der Waals surface area contributed by atoms with Crippen LogP contribution in [0.2, 0.25) is 0 Å². The maximum absolute atomic E-state index is 5.08. The van der Waals surface area contributed by atoms with Gasteiger partial charge in [-0.05, 0) is 15.9 Å². The van der Waals surface area contributed by atoms with E-state index in [4.69, 9.17) is 6.42 Å². The fraction of sp³-hybridized carbons (Fsp3) is 0.286. The quantitative estimate of drug-likeness (QED) is 0.662. The molecule has 0 radical (unpaired) electrons. The van der Waals surface area contributed by atoms with Gasteiger partial charge in [0, 0.05) is 12.6 Å². The van der Waals surface area contributed by atoms with Crippen LogP contribution >= 0.6 is 15.9 Å². The molecule has 0 unspecified atom stereocenters. The van der Waals surface area contributed by atoms with Crippen LogP contribution in [0.4, 0.5) is 0 Å². The molecule has 0 saturated heterocycles. The summed E-state index contributed by atoms with van der Waals surface area (Å²) in [5.41, 5.74) is 0. The number of halogens is 1. The molecule has 0 N–H and O–H groups in total. The van der Waals surface area contributed by atoms with E-state index >= 15 is 0 Å². The van der Waals surface area contributed by atoms with Crippen LogP contribution in [0.15, 0.2) is 16.9 Å². The van der Waals surface area contributed by atoms with Crippen molar-refractivity contribution in [2.45, 2.75) is 13.0 Å². The van der Waals surface area contributed by atoms with E-state index in [1.165, 1.54) is 0 Å². The Morgan fingerprint density at radius 2 is 2.60 bits per heavy atom. The lowest BCUT2D eigenvalue weighted by molar-refractivity contribution is 0.630. The Labute approximate surface area is 68.4 Å². The number of rotatable bonds is 2. The molecule has 52 valence electrons. The van der Waals surface area contributed by atoms with Crippen LogP contribution in [0.5, 0.6) is 0 Å². The van der Waals surface area contributed by atoms with E-state index in [2.05, 4.69) is 26.9 Å². The number of hydrogen-bond acceptors (Lipinski definition) is 1. The summed E-state index contributed by atoms with van der Waals surface area (Å²) >= 11 is 3.29. The van der Waals surface area contributed by atoms with Crippen molar-refractivity contribution in [3.05, 3.63) is 16.9 Å². The maximum Gasteiger partial charge on any atom is 0.0632 e. The highest BCUT2D eigenvalue weighted by Gasteiger charge is 1.91. The Morgan fingerprint density at radius 1 is 1.80 bits per heavy atom. The first kappa shape index (κ1) is 7.36. The average molecular weight is 199 g/mol. The minimum Gasteiger partial charge on any atom is -0.271 e. The summed E-state index contributed by atoms with van der Waals surface area (Å²) in [6.45, 7) is 0.794. The van der Waals surface area contributed by atoms with Gasteiger partial charge in [0.15, 0.2) is 0 Å². The molecule has 0 aromatic carbocycles. The zero-order chi connectivity index (χ0) is 7.40. The number of aryl methyl sites for hydroxylation is 1. The Bertz CT molecular complexity index is 246. The smallest absolute Gasteiger partial charge is 0.0632 e. The van der Waals surface area contributed by atoms with Gasteiger partial charge >= 0.3 is 0 Å². The van der Waals surface area contributed by atoms with E-state index in [1.54, 1.807) is 6.20 Å². The molecular formula is C7H7BrN2. The zero-order valence-corrected chi connectivity index (χ0v) is 7.00. The Kier molecular flexibility index (Phi) is 2.52. The highest BCUT2D eigenvalue weighted by atomic mass is 79.9. The molecular weight excluding hydrogens is 192 g/mol. The van der Waals surface area contributed by atoms with Gasteiger partial charge in [0.05, 0.1) is 17.2 Å². The third-order valence-corrected chi connectivity index (χ3v) is 1.50. The van der Waals surface area contributed by atoms with Gasteiger partial charge in [0.25, 0.3) is 0 Å². The molecule has 0 atom stereocenters. The number of hydrogen-bond donors (Lipinski definition) is 0. The molecule has 0 aliphatic rings. The second kappa shape index (κ2) is 3.43. The highest BCUT2D eigenvalue weighted by molar-refractivity contribution is 9.10. The summed E-state index contributed by atoms with van der Waals surface area (Å²) in [6, 6.07) is 0. The molecule has 0 amide bonds. The molecule has 0 aliphatic heterocycles. The Morgan fingerprint density at radius 3 is 3.10 bits per heavy atom. The van der Waals surface area contributed by atoms with Gasteiger partial charge in [0.1, 0.15) is 0 Å². The lowest BCUT2D eigenvalue weighted by Crippen LogP contribution is -1.95. The molecule has 2 nitrogen and oxygen atoms in total. The van der Waals surface area contributed by atoms with E-state index < -0.39 is 0 Å². The molecule has 1 rings (SSSR count). The van der Waals surface area contributed by atoms with Crippen molar-refractivity contribution in [1.82, 2.24) is 9.78 Å². The number of aromatic nitrogens is 2. The second-order valence-electron chi connectivity index (χ2n) is 1.88. The Hall–Kier alpha value is -0.750. The summed E-state index contributed by atoms with van der Waals surface area (Å²) in [6.07, 6.45) is 9.46. The van der Waals surface area contributed by atoms with E-state index in [1.807, 2.05) is 10.9 Å². The summed E-state index contributed by atoms with van der Waals surface area (Å²) in [4.78, 5) is 0. The van der Waals surface area contributed by atoms with Crippen LogP contribution in [0.3, 0.4) is 0 Å². The molecule has 0 bridgehead atoms. The maximum atomic E-state index is 5.08. The summed E-state index contributed by atoms with van der Waals surface area (Å²) < 4.78 is 2.80. The standard InChI is InChI=1S/C7H7BrN2/c1-2-3-4-10-6-7(8)5-9-10/h1,5-6H,3-4H2. The van der Waals surface area contributed by atoms with Crippen molar-refractivity contribution >= 4 is 15.9 Å². The topological polar surface area (TPSA) is 17.8 Å². The van der Waals surface area contributed by atoms with Crippen LogP contribution in [-0.2, 0) is 6.54 Å². The predicted molar refractivity (Wildman–Crippen MR) is 43.4 cm³/mol. The van der Waals surface area contributed by atoms with E-state index in [0.29, 0.717) is 0 Å². The van der Waals surface area contributed by atoms with E-state index in [-0.39, 0.29) is 0 Å². The Balaban J connectivity index is 2.52. The minimum absolute atomic E-state index is 0.730. The molecule has 1 heterocycles. The number of nitrogens with zero attached hydrogens (tertiary/aromatic N) is 2. The van der Waals surface area contributed by atoms with Gasteiger partial charge in [-0.25, -0.2) is 0 Å². The van der Waals surface area contributed by atoms with Gasteiger partial charge < -0.3 is 0 Å². The van der Waals surface area contributed by atoms with Crippen molar-refractivity contribution in [2.24, 2.45) is 0 Å². The zero-order valence-electron chi connectivity index (χ0n) is 5.42. The van der Waals surface area contributed by atoms with Crippen molar-refractivity contribution in [1.29, 1.82) is 0 Å². The van der Waals surface area contributed by atoms with E-state index in [9.17, 15) is 0 Å². The van der Waals surface area contributed by atoms with Crippen molar-refractivity contribution in [3.8, 4) is 12.3 Å². The van der Waals surface area contributed by atoms with Crippen LogP contribution in [0.1, 0.15) is 6.42 Å². The molecule has 10 heavy (non-hydrogen) atoms. The minimum atomic E-state index is 0.730. The van der Waals surface area contributed by atoms with Crippen molar-refractivity contribution < 1.29 is 0 Å². The third kappa shape index (κ3) is 1.89. The summed E-state index contributed by atoms with van der Waals surface area (Å²) in [5, 5.41) is 4.03. The summed E-state index contributed by atoms with van der Waals surface area (Å²) in [5.74, 6) is 2.55. The van der Waals surface area contributed by atoms with E-state index in [0.717, 1.165) is 17.4 Å². The van der Waals surface area contributed by atoms with Crippen LogP contribution in [0, 0.1) is 12.3 Å². The molecule has 0 fully saturated rings. The lowest BCUT2D eigenvalue weighted by atomic mass is 10.4. The fourth-order valence-corrected chi connectivity index (χ4v) is 0.968. The second-order valence-corrected chi connectivity index (χ2v) is 2.79. The van der Waals surface area contributed by atoms with Crippen LogP contribution < -0.4 is 0 Å². The van der Waals surface area contributed by atoms with Crippen molar-refractivity contribution in [3.63, 3.8) is 0 Å². The van der Waals surface area contributed by atoms with Gasteiger partial charge in [-0.15, -0.1) is 12.3 Å². The first-order valence-electron chi connectivity index (χ1n) is 2.94. The number of terminal acetylenes is 1. The highest BCUT2D eigenvalue weighted by Crippen LogP contribution is 2.05. The SMILES string of the molecule is C#CCCn1cc(Br)cn1. The van der Waals surface area contributed by atoms with Crippen LogP contribution in [-0.4, -0.2) is 9.78 Å². The van der Waals surface area contributed by atoms with Gasteiger partial charge in [-0.3, -0.25) is 4.68 Å². The third-order valence-electron chi connectivity index (χ3n) is 1.09. The van der Waals surface area contributed by atoms with Crippen LogP contribution in [0.25, 0.3) is 0 Å².